The normalized spacial score (nSPS) is 11.0. The first-order valence-corrected chi connectivity index (χ1v) is 8.65. The molecule has 0 spiro atoms. The summed E-state index contributed by atoms with van der Waals surface area (Å²) in [5.74, 6) is 0.545. The van der Waals surface area contributed by atoms with Crippen molar-refractivity contribution in [3.05, 3.63) is 64.1 Å². The molecule has 0 saturated heterocycles. The first kappa shape index (κ1) is 19.1. The van der Waals surface area contributed by atoms with E-state index in [2.05, 4.69) is 15.6 Å². The lowest BCUT2D eigenvalue weighted by Crippen LogP contribution is -2.28. The zero-order chi connectivity index (χ0) is 20.1. The van der Waals surface area contributed by atoms with Gasteiger partial charge < -0.3 is 9.47 Å². The van der Waals surface area contributed by atoms with Crippen LogP contribution in [-0.4, -0.2) is 36.1 Å². The summed E-state index contributed by atoms with van der Waals surface area (Å²) in [6.07, 6.45) is 1.46. The molecule has 3 rings (SSSR count). The Morgan fingerprint density at radius 3 is 2.57 bits per heavy atom. The predicted molar refractivity (Wildman–Crippen MR) is 106 cm³/mol. The van der Waals surface area contributed by atoms with Crippen molar-refractivity contribution in [2.24, 2.45) is 5.10 Å². The SMILES string of the molecule is CCn1nc(C(=O)N/N=C/c2cccc(OC)c2OC)c2ccccc2c1=O. The summed E-state index contributed by atoms with van der Waals surface area (Å²) in [5.41, 5.74) is 2.99. The average molecular weight is 380 g/mol. The average Bonchev–Trinajstić information content (AvgIpc) is 2.73. The van der Waals surface area contributed by atoms with Gasteiger partial charge in [-0.25, -0.2) is 10.1 Å². The largest absolute Gasteiger partial charge is 0.493 e. The van der Waals surface area contributed by atoms with Gasteiger partial charge in [-0.2, -0.15) is 10.2 Å². The Labute approximate surface area is 161 Å². The first-order chi connectivity index (χ1) is 13.6. The van der Waals surface area contributed by atoms with Crippen molar-refractivity contribution in [3.8, 4) is 11.5 Å². The molecule has 0 unspecified atom stereocenters. The molecule has 1 aromatic heterocycles. The second kappa shape index (κ2) is 8.34. The minimum atomic E-state index is -0.517. The van der Waals surface area contributed by atoms with Crippen molar-refractivity contribution in [1.82, 2.24) is 15.2 Å². The van der Waals surface area contributed by atoms with Crippen LogP contribution < -0.4 is 20.5 Å². The highest BCUT2D eigenvalue weighted by atomic mass is 16.5. The van der Waals surface area contributed by atoms with Crippen molar-refractivity contribution in [1.29, 1.82) is 0 Å². The summed E-state index contributed by atoms with van der Waals surface area (Å²) in [5, 5.41) is 9.09. The molecule has 1 N–H and O–H groups in total. The number of nitrogens with one attached hydrogen (secondary N) is 1. The van der Waals surface area contributed by atoms with Crippen LogP contribution in [0.5, 0.6) is 11.5 Å². The van der Waals surface area contributed by atoms with Crippen LogP contribution in [0.1, 0.15) is 23.0 Å². The molecule has 1 heterocycles. The van der Waals surface area contributed by atoms with Gasteiger partial charge in [-0.1, -0.05) is 24.3 Å². The van der Waals surface area contributed by atoms with Crippen LogP contribution in [0.2, 0.25) is 0 Å². The first-order valence-electron chi connectivity index (χ1n) is 8.65. The van der Waals surface area contributed by atoms with Crippen LogP contribution in [0.4, 0.5) is 0 Å². The molecule has 0 fully saturated rings. The lowest BCUT2D eigenvalue weighted by Gasteiger charge is -2.10. The van der Waals surface area contributed by atoms with Crippen LogP contribution in [-0.2, 0) is 6.54 Å². The number of hydrogen-bond acceptors (Lipinski definition) is 6. The molecule has 3 aromatic rings. The van der Waals surface area contributed by atoms with Gasteiger partial charge in [-0.15, -0.1) is 0 Å². The topological polar surface area (TPSA) is 94.8 Å². The van der Waals surface area contributed by atoms with E-state index in [4.69, 9.17) is 9.47 Å². The summed E-state index contributed by atoms with van der Waals surface area (Å²) >= 11 is 0. The molecule has 0 aliphatic carbocycles. The van der Waals surface area contributed by atoms with E-state index in [-0.39, 0.29) is 11.3 Å². The highest BCUT2D eigenvalue weighted by molar-refractivity contribution is 6.05. The number of carbonyl (C=O) groups excluding carboxylic acids is 1. The Morgan fingerprint density at radius 1 is 1.14 bits per heavy atom. The van der Waals surface area contributed by atoms with Crippen LogP contribution >= 0.6 is 0 Å². The number of methoxy groups -OCH3 is 2. The molecular formula is C20H20N4O4. The van der Waals surface area contributed by atoms with Crippen molar-refractivity contribution >= 4 is 22.9 Å². The molecule has 0 radical (unpaired) electrons. The van der Waals surface area contributed by atoms with Gasteiger partial charge in [0.1, 0.15) is 0 Å². The molecular weight excluding hydrogens is 360 g/mol. The lowest BCUT2D eigenvalue weighted by atomic mass is 10.1. The summed E-state index contributed by atoms with van der Waals surface area (Å²) < 4.78 is 11.8. The van der Waals surface area contributed by atoms with Gasteiger partial charge in [0.25, 0.3) is 11.5 Å². The molecule has 8 nitrogen and oxygen atoms in total. The maximum absolute atomic E-state index is 12.6. The number of aromatic nitrogens is 2. The second-order valence-corrected chi connectivity index (χ2v) is 5.80. The quantitative estimate of drug-likeness (QED) is 0.523. The number of aryl methyl sites for hydroxylation is 1. The number of nitrogens with zero attached hydrogens (tertiary/aromatic N) is 3. The van der Waals surface area contributed by atoms with Crippen molar-refractivity contribution in [2.45, 2.75) is 13.5 Å². The number of amides is 1. The van der Waals surface area contributed by atoms with Gasteiger partial charge in [-0.05, 0) is 25.1 Å². The van der Waals surface area contributed by atoms with Crippen LogP contribution in [0.25, 0.3) is 10.8 Å². The summed E-state index contributed by atoms with van der Waals surface area (Å²) in [6, 6.07) is 12.2. The molecule has 8 heteroatoms. The zero-order valence-electron chi connectivity index (χ0n) is 15.8. The highest BCUT2D eigenvalue weighted by Crippen LogP contribution is 2.29. The minimum absolute atomic E-state index is 0.131. The maximum atomic E-state index is 12.6. The van der Waals surface area contributed by atoms with Crippen LogP contribution in [0, 0.1) is 0 Å². The van der Waals surface area contributed by atoms with E-state index in [0.717, 1.165) is 0 Å². The predicted octanol–water partition coefficient (Wildman–Crippen LogP) is 2.20. The standard InChI is InChI=1S/C20H20N4O4/c1-4-24-20(26)15-10-6-5-9-14(15)17(23-24)19(25)22-21-12-13-8-7-11-16(27-2)18(13)28-3/h5-12H,4H2,1-3H3,(H,22,25)/b21-12+. The number of benzene rings is 2. The number of carbonyl (C=O) groups is 1. The van der Waals surface area contributed by atoms with E-state index in [1.165, 1.54) is 18.0 Å². The monoisotopic (exact) mass is 380 g/mol. The Bertz CT molecular complexity index is 1110. The van der Waals surface area contributed by atoms with Gasteiger partial charge >= 0.3 is 0 Å². The van der Waals surface area contributed by atoms with Crippen molar-refractivity contribution in [2.75, 3.05) is 14.2 Å². The van der Waals surface area contributed by atoms with Crippen molar-refractivity contribution in [3.63, 3.8) is 0 Å². The number of fused-ring (bicyclic) bond motifs is 1. The minimum Gasteiger partial charge on any atom is -0.493 e. The summed E-state index contributed by atoms with van der Waals surface area (Å²) in [4.78, 5) is 25.0. The molecule has 28 heavy (non-hydrogen) atoms. The third-order valence-corrected chi connectivity index (χ3v) is 4.19. The van der Waals surface area contributed by atoms with Crippen LogP contribution in [0.15, 0.2) is 52.4 Å². The number of hydrazone groups is 1. The van der Waals surface area contributed by atoms with E-state index in [1.54, 1.807) is 56.5 Å². The highest BCUT2D eigenvalue weighted by Gasteiger charge is 2.16. The van der Waals surface area contributed by atoms with Crippen LogP contribution in [0.3, 0.4) is 0 Å². The van der Waals surface area contributed by atoms with E-state index >= 15 is 0 Å². The fraction of sp³-hybridized carbons (Fsp3) is 0.200. The third kappa shape index (κ3) is 3.57. The smallest absolute Gasteiger partial charge is 0.292 e. The Balaban J connectivity index is 1.92. The fourth-order valence-corrected chi connectivity index (χ4v) is 2.84. The molecule has 0 aliphatic heterocycles. The Kier molecular flexibility index (Phi) is 5.69. The van der Waals surface area contributed by atoms with Gasteiger partial charge in [0.2, 0.25) is 0 Å². The van der Waals surface area contributed by atoms with Gasteiger partial charge in [0.15, 0.2) is 17.2 Å². The fourth-order valence-electron chi connectivity index (χ4n) is 2.84. The molecule has 2 aromatic carbocycles. The lowest BCUT2D eigenvalue weighted by molar-refractivity contribution is 0.0949. The Hall–Kier alpha value is -3.68. The summed E-state index contributed by atoms with van der Waals surface area (Å²) in [7, 11) is 3.07. The summed E-state index contributed by atoms with van der Waals surface area (Å²) in [6.45, 7) is 2.15. The van der Waals surface area contributed by atoms with Gasteiger partial charge in [-0.3, -0.25) is 9.59 Å². The molecule has 144 valence electrons. The molecule has 0 aliphatic rings. The van der Waals surface area contributed by atoms with Crippen molar-refractivity contribution < 1.29 is 14.3 Å². The third-order valence-electron chi connectivity index (χ3n) is 4.19. The number of ether oxygens (including phenoxy) is 2. The number of para-hydroxylation sites is 1. The second-order valence-electron chi connectivity index (χ2n) is 5.80. The van der Waals surface area contributed by atoms with E-state index in [1.807, 2.05) is 0 Å². The zero-order valence-corrected chi connectivity index (χ0v) is 15.8. The molecule has 0 atom stereocenters. The number of hydrogen-bond donors (Lipinski definition) is 1. The Morgan fingerprint density at radius 2 is 1.89 bits per heavy atom. The van der Waals surface area contributed by atoms with Gasteiger partial charge in [0, 0.05) is 17.5 Å². The maximum Gasteiger partial charge on any atom is 0.292 e. The van der Waals surface area contributed by atoms with E-state index in [9.17, 15) is 9.59 Å². The molecule has 0 bridgehead atoms. The van der Waals surface area contributed by atoms with Gasteiger partial charge in [0.05, 0.1) is 25.8 Å². The molecule has 0 saturated carbocycles. The number of rotatable bonds is 6. The molecule has 1 amide bonds. The van der Waals surface area contributed by atoms with E-state index < -0.39 is 5.91 Å². The van der Waals surface area contributed by atoms with E-state index in [0.29, 0.717) is 34.4 Å².